The van der Waals surface area contributed by atoms with Gasteiger partial charge in [-0.3, -0.25) is 0 Å². The zero-order valence-electron chi connectivity index (χ0n) is 7.35. The second-order valence-corrected chi connectivity index (χ2v) is 3.41. The average molecular weight is 173 g/mol. The van der Waals surface area contributed by atoms with Gasteiger partial charge in [0.25, 0.3) is 0 Å². The molecule has 2 aromatic heterocycles. The van der Waals surface area contributed by atoms with Gasteiger partial charge in [-0.15, -0.1) is 0 Å². The van der Waals surface area contributed by atoms with Crippen molar-refractivity contribution in [3.05, 3.63) is 30.6 Å². The second kappa shape index (κ2) is 2.49. The van der Waals surface area contributed by atoms with E-state index in [0.717, 1.165) is 24.6 Å². The molecule has 0 saturated carbocycles. The molecule has 3 heterocycles. The molecule has 1 fully saturated rings. The lowest BCUT2D eigenvalue weighted by Crippen LogP contribution is -2.37. The van der Waals surface area contributed by atoms with Crippen molar-refractivity contribution < 1.29 is 0 Å². The normalized spacial score (nSPS) is 16.2. The van der Waals surface area contributed by atoms with Crippen molar-refractivity contribution in [3.63, 3.8) is 0 Å². The van der Waals surface area contributed by atoms with E-state index in [1.54, 1.807) is 0 Å². The van der Waals surface area contributed by atoms with E-state index in [2.05, 4.69) is 20.5 Å². The fourth-order valence-electron chi connectivity index (χ4n) is 1.62. The van der Waals surface area contributed by atoms with E-state index in [0.29, 0.717) is 0 Å². The molecular weight excluding hydrogens is 162 g/mol. The van der Waals surface area contributed by atoms with Gasteiger partial charge in [0, 0.05) is 19.3 Å². The van der Waals surface area contributed by atoms with Crippen LogP contribution in [0.15, 0.2) is 30.6 Å². The molecule has 0 aromatic carbocycles. The predicted molar refractivity (Wildman–Crippen MR) is 52.0 cm³/mol. The topological polar surface area (TPSA) is 20.5 Å². The number of fused-ring (bicyclic) bond motifs is 1. The summed E-state index contributed by atoms with van der Waals surface area (Å²) < 4.78 is 2.06. The maximum absolute atomic E-state index is 4.52. The summed E-state index contributed by atoms with van der Waals surface area (Å²) in [7, 11) is 0. The van der Waals surface area contributed by atoms with Gasteiger partial charge in [-0.2, -0.15) is 0 Å². The van der Waals surface area contributed by atoms with Crippen molar-refractivity contribution in [2.24, 2.45) is 0 Å². The molecule has 1 saturated heterocycles. The first-order valence-corrected chi connectivity index (χ1v) is 4.62. The number of hydrogen-bond donors (Lipinski definition) is 0. The summed E-state index contributed by atoms with van der Waals surface area (Å²) in [6, 6.07) is 6.07. The van der Waals surface area contributed by atoms with Crippen molar-refractivity contribution in [3.8, 4) is 0 Å². The Bertz CT molecular complexity index is 395. The Hall–Kier alpha value is -1.51. The maximum atomic E-state index is 4.52. The van der Waals surface area contributed by atoms with Crippen LogP contribution in [-0.4, -0.2) is 22.5 Å². The van der Waals surface area contributed by atoms with E-state index < -0.39 is 0 Å². The molecule has 0 N–H and O–H groups in total. The quantitative estimate of drug-likeness (QED) is 0.652. The molecule has 66 valence electrons. The van der Waals surface area contributed by atoms with Crippen LogP contribution in [0.25, 0.3) is 5.65 Å². The number of nitrogens with zero attached hydrogens (tertiary/aromatic N) is 3. The molecular formula is C10H11N3. The van der Waals surface area contributed by atoms with Gasteiger partial charge < -0.3 is 9.30 Å². The molecule has 0 bridgehead atoms. The summed E-state index contributed by atoms with van der Waals surface area (Å²) in [5.74, 6) is 1.11. The highest BCUT2D eigenvalue weighted by Crippen LogP contribution is 2.19. The largest absolute Gasteiger partial charge is 0.355 e. The third-order valence-corrected chi connectivity index (χ3v) is 2.53. The summed E-state index contributed by atoms with van der Waals surface area (Å²) >= 11 is 0. The van der Waals surface area contributed by atoms with Crippen LogP contribution in [0.3, 0.4) is 0 Å². The number of aromatic nitrogens is 2. The van der Waals surface area contributed by atoms with Gasteiger partial charge in [0.2, 0.25) is 0 Å². The van der Waals surface area contributed by atoms with Crippen molar-refractivity contribution in [2.45, 2.75) is 6.42 Å². The average Bonchev–Trinajstić information content (AvgIpc) is 2.43. The number of rotatable bonds is 1. The fraction of sp³-hybridized carbons (Fsp3) is 0.300. The first kappa shape index (κ1) is 6.95. The molecule has 0 atom stereocenters. The summed E-state index contributed by atoms with van der Waals surface area (Å²) in [6.07, 6.45) is 5.42. The van der Waals surface area contributed by atoms with Gasteiger partial charge in [0.15, 0.2) is 0 Å². The van der Waals surface area contributed by atoms with Crippen molar-refractivity contribution in [1.29, 1.82) is 0 Å². The smallest absolute Gasteiger partial charge is 0.147 e. The highest BCUT2D eigenvalue weighted by Gasteiger charge is 2.16. The molecule has 3 rings (SSSR count). The molecule has 0 aliphatic carbocycles. The Balaban J connectivity index is 2.10. The Labute approximate surface area is 76.6 Å². The van der Waals surface area contributed by atoms with Crippen LogP contribution in [0.4, 0.5) is 5.82 Å². The van der Waals surface area contributed by atoms with E-state index >= 15 is 0 Å². The summed E-state index contributed by atoms with van der Waals surface area (Å²) in [4.78, 5) is 6.82. The van der Waals surface area contributed by atoms with Crippen LogP contribution in [0.2, 0.25) is 0 Å². The van der Waals surface area contributed by atoms with Gasteiger partial charge in [0.1, 0.15) is 11.5 Å². The van der Waals surface area contributed by atoms with Crippen molar-refractivity contribution >= 4 is 11.5 Å². The zero-order chi connectivity index (χ0) is 8.67. The monoisotopic (exact) mass is 173 g/mol. The Morgan fingerprint density at radius 1 is 1.23 bits per heavy atom. The lowest BCUT2D eigenvalue weighted by atomic mass is 10.2. The van der Waals surface area contributed by atoms with Gasteiger partial charge >= 0.3 is 0 Å². The molecule has 0 spiro atoms. The van der Waals surface area contributed by atoms with E-state index in [1.165, 1.54) is 6.42 Å². The molecule has 0 amide bonds. The first-order chi connectivity index (χ1) is 6.43. The number of imidazole rings is 1. The van der Waals surface area contributed by atoms with Gasteiger partial charge in [-0.1, -0.05) is 6.07 Å². The Morgan fingerprint density at radius 3 is 2.85 bits per heavy atom. The molecule has 3 heteroatoms. The molecule has 13 heavy (non-hydrogen) atoms. The van der Waals surface area contributed by atoms with Crippen LogP contribution in [0.5, 0.6) is 0 Å². The highest BCUT2D eigenvalue weighted by atomic mass is 15.3. The second-order valence-electron chi connectivity index (χ2n) is 3.41. The van der Waals surface area contributed by atoms with E-state index in [9.17, 15) is 0 Å². The summed E-state index contributed by atoms with van der Waals surface area (Å²) in [6.45, 7) is 2.31. The first-order valence-electron chi connectivity index (χ1n) is 4.62. The lowest BCUT2D eigenvalue weighted by Gasteiger charge is -2.30. The standard InChI is InChI=1S/C10H11N3/c1-2-5-13-8-10(11-9(13)4-1)12-6-3-7-12/h1-2,4-5,8H,3,6-7H2. The van der Waals surface area contributed by atoms with Crippen LogP contribution < -0.4 is 4.90 Å². The Morgan fingerprint density at radius 2 is 2.15 bits per heavy atom. The van der Waals surface area contributed by atoms with E-state index in [-0.39, 0.29) is 0 Å². The van der Waals surface area contributed by atoms with Crippen LogP contribution in [0, 0.1) is 0 Å². The van der Waals surface area contributed by atoms with Gasteiger partial charge in [-0.05, 0) is 18.6 Å². The zero-order valence-corrected chi connectivity index (χ0v) is 7.35. The summed E-state index contributed by atoms with van der Waals surface area (Å²) in [5.41, 5.74) is 1.03. The van der Waals surface area contributed by atoms with Gasteiger partial charge in [-0.25, -0.2) is 4.98 Å². The highest BCUT2D eigenvalue weighted by molar-refractivity contribution is 5.51. The number of anilines is 1. The van der Waals surface area contributed by atoms with E-state index in [4.69, 9.17) is 0 Å². The number of hydrogen-bond acceptors (Lipinski definition) is 2. The Kier molecular flexibility index (Phi) is 1.33. The fourth-order valence-corrected chi connectivity index (χ4v) is 1.62. The van der Waals surface area contributed by atoms with Crippen molar-refractivity contribution in [1.82, 2.24) is 9.38 Å². The third-order valence-electron chi connectivity index (χ3n) is 2.53. The lowest BCUT2D eigenvalue weighted by molar-refractivity contribution is 0.611. The summed E-state index contributed by atoms with van der Waals surface area (Å²) in [5, 5.41) is 0. The third kappa shape index (κ3) is 1.00. The van der Waals surface area contributed by atoms with Crippen LogP contribution >= 0.6 is 0 Å². The molecule has 2 aromatic rings. The predicted octanol–water partition coefficient (Wildman–Crippen LogP) is 1.54. The minimum absolute atomic E-state index is 1.03. The minimum Gasteiger partial charge on any atom is -0.355 e. The van der Waals surface area contributed by atoms with Crippen LogP contribution in [0.1, 0.15) is 6.42 Å². The van der Waals surface area contributed by atoms with Crippen molar-refractivity contribution in [2.75, 3.05) is 18.0 Å². The molecule has 3 nitrogen and oxygen atoms in total. The maximum Gasteiger partial charge on any atom is 0.147 e. The van der Waals surface area contributed by atoms with Crippen LogP contribution in [-0.2, 0) is 0 Å². The SMILES string of the molecule is c1ccn2cc(N3CCC3)nc2c1. The van der Waals surface area contributed by atoms with E-state index in [1.807, 2.05) is 24.4 Å². The minimum atomic E-state index is 1.03. The number of pyridine rings is 1. The van der Waals surface area contributed by atoms with Gasteiger partial charge in [0.05, 0.1) is 6.20 Å². The molecule has 0 unspecified atom stereocenters. The molecule has 0 radical (unpaired) electrons. The molecule has 1 aliphatic heterocycles. The molecule has 1 aliphatic rings.